The van der Waals surface area contributed by atoms with E-state index in [0.29, 0.717) is 0 Å². The van der Waals surface area contributed by atoms with Crippen LogP contribution in [0.3, 0.4) is 0 Å². The first kappa shape index (κ1) is 13.2. The number of hydrogen-bond donors (Lipinski definition) is 1. The van der Waals surface area contributed by atoms with Crippen LogP contribution in [0.25, 0.3) is 0 Å². The van der Waals surface area contributed by atoms with Gasteiger partial charge in [-0.3, -0.25) is 4.90 Å². The molecule has 19 heavy (non-hydrogen) atoms. The Labute approximate surface area is 116 Å². The lowest BCUT2D eigenvalue weighted by atomic mass is 10.3. The molecule has 106 valence electrons. The molecule has 3 rings (SSSR count). The molecular formula is C15H26N4. The number of likely N-dealkylation sites (N-methyl/N-ethyl adjacent to an activating group) is 1. The van der Waals surface area contributed by atoms with Gasteiger partial charge in [-0.2, -0.15) is 0 Å². The zero-order chi connectivity index (χ0) is 13.1. The van der Waals surface area contributed by atoms with Crippen molar-refractivity contribution >= 4 is 0 Å². The Morgan fingerprint density at radius 3 is 2.68 bits per heavy atom. The SMILES string of the molecule is CN1CCN(CCn2cccc2CNC2CC2)CC1. The van der Waals surface area contributed by atoms with Crippen LogP contribution in [-0.4, -0.2) is 60.2 Å². The molecule has 1 saturated heterocycles. The highest BCUT2D eigenvalue weighted by atomic mass is 15.3. The maximum absolute atomic E-state index is 3.60. The molecule has 1 aliphatic carbocycles. The smallest absolute Gasteiger partial charge is 0.0361 e. The van der Waals surface area contributed by atoms with Gasteiger partial charge in [0.2, 0.25) is 0 Å². The lowest BCUT2D eigenvalue weighted by Gasteiger charge is -2.32. The minimum Gasteiger partial charge on any atom is -0.349 e. The molecule has 0 aromatic carbocycles. The first-order valence-corrected chi connectivity index (χ1v) is 7.59. The normalized spacial score (nSPS) is 21.9. The summed E-state index contributed by atoms with van der Waals surface area (Å²) in [6.07, 6.45) is 4.95. The maximum Gasteiger partial charge on any atom is 0.0361 e. The third-order valence-electron chi connectivity index (χ3n) is 4.33. The monoisotopic (exact) mass is 262 g/mol. The Morgan fingerprint density at radius 1 is 1.16 bits per heavy atom. The molecule has 1 aromatic heterocycles. The number of rotatable bonds is 6. The van der Waals surface area contributed by atoms with E-state index >= 15 is 0 Å². The second kappa shape index (κ2) is 6.07. The van der Waals surface area contributed by atoms with Gasteiger partial charge in [-0.25, -0.2) is 0 Å². The van der Waals surface area contributed by atoms with Crippen LogP contribution in [0.4, 0.5) is 0 Å². The highest BCUT2D eigenvalue weighted by Gasteiger charge is 2.20. The molecule has 4 heteroatoms. The molecule has 2 aliphatic rings. The number of nitrogens with zero attached hydrogens (tertiary/aromatic N) is 3. The van der Waals surface area contributed by atoms with Gasteiger partial charge in [-0.15, -0.1) is 0 Å². The molecule has 0 spiro atoms. The summed E-state index contributed by atoms with van der Waals surface area (Å²) < 4.78 is 2.41. The van der Waals surface area contributed by atoms with Crippen molar-refractivity contribution in [2.45, 2.75) is 32.0 Å². The van der Waals surface area contributed by atoms with E-state index in [0.717, 1.165) is 19.1 Å². The van der Waals surface area contributed by atoms with Crippen molar-refractivity contribution in [2.75, 3.05) is 39.8 Å². The van der Waals surface area contributed by atoms with Crippen LogP contribution >= 0.6 is 0 Å². The third-order valence-corrected chi connectivity index (χ3v) is 4.33. The molecule has 0 amide bonds. The van der Waals surface area contributed by atoms with E-state index in [1.165, 1.54) is 51.3 Å². The van der Waals surface area contributed by atoms with Gasteiger partial charge in [0.1, 0.15) is 0 Å². The van der Waals surface area contributed by atoms with Crippen molar-refractivity contribution in [2.24, 2.45) is 0 Å². The summed E-state index contributed by atoms with van der Waals surface area (Å²) in [6, 6.07) is 5.22. The summed E-state index contributed by atoms with van der Waals surface area (Å²) in [5.41, 5.74) is 1.43. The van der Waals surface area contributed by atoms with E-state index < -0.39 is 0 Å². The van der Waals surface area contributed by atoms with E-state index in [-0.39, 0.29) is 0 Å². The zero-order valence-corrected chi connectivity index (χ0v) is 12.0. The van der Waals surface area contributed by atoms with Crippen LogP contribution in [0.15, 0.2) is 18.3 Å². The zero-order valence-electron chi connectivity index (χ0n) is 12.0. The number of aromatic nitrogens is 1. The second-order valence-electron chi connectivity index (χ2n) is 5.99. The Morgan fingerprint density at radius 2 is 1.95 bits per heavy atom. The Bertz CT molecular complexity index is 389. The lowest BCUT2D eigenvalue weighted by molar-refractivity contribution is 0.150. The van der Waals surface area contributed by atoms with Gasteiger partial charge >= 0.3 is 0 Å². The van der Waals surface area contributed by atoms with Gasteiger partial charge in [-0.05, 0) is 32.0 Å². The first-order chi connectivity index (χ1) is 9.31. The summed E-state index contributed by atoms with van der Waals surface area (Å²) >= 11 is 0. The molecule has 4 nitrogen and oxygen atoms in total. The topological polar surface area (TPSA) is 23.4 Å². The third kappa shape index (κ3) is 3.81. The van der Waals surface area contributed by atoms with E-state index in [4.69, 9.17) is 0 Å². The molecule has 0 radical (unpaired) electrons. The molecule has 1 aliphatic heterocycles. The van der Waals surface area contributed by atoms with Crippen LogP contribution in [0.2, 0.25) is 0 Å². The largest absolute Gasteiger partial charge is 0.349 e. The molecule has 1 N–H and O–H groups in total. The van der Waals surface area contributed by atoms with Crippen LogP contribution in [0, 0.1) is 0 Å². The number of nitrogens with one attached hydrogen (secondary N) is 1. The number of hydrogen-bond acceptors (Lipinski definition) is 3. The second-order valence-corrected chi connectivity index (χ2v) is 5.99. The van der Waals surface area contributed by atoms with Crippen molar-refractivity contribution in [3.8, 4) is 0 Å². The van der Waals surface area contributed by atoms with Gasteiger partial charge < -0.3 is 14.8 Å². The van der Waals surface area contributed by atoms with E-state index in [2.05, 4.69) is 45.1 Å². The van der Waals surface area contributed by atoms with Crippen LogP contribution < -0.4 is 5.32 Å². The van der Waals surface area contributed by atoms with E-state index in [1.807, 2.05) is 0 Å². The molecule has 2 fully saturated rings. The van der Waals surface area contributed by atoms with E-state index in [1.54, 1.807) is 0 Å². The van der Waals surface area contributed by atoms with Gasteiger partial charge in [0.05, 0.1) is 0 Å². The molecule has 1 saturated carbocycles. The standard InChI is InChI=1S/C15H26N4/c1-17-7-9-18(10-8-17)11-12-19-6-2-3-15(19)13-16-14-4-5-14/h2-3,6,14,16H,4-5,7-13H2,1H3. The summed E-state index contributed by atoms with van der Waals surface area (Å²) in [6.45, 7) is 8.18. The fourth-order valence-corrected chi connectivity index (χ4v) is 2.69. The van der Waals surface area contributed by atoms with Gasteiger partial charge in [0.15, 0.2) is 0 Å². The van der Waals surface area contributed by atoms with Crippen LogP contribution in [0.1, 0.15) is 18.5 Å². The van der Waals surface area contributed by atoms with Crippen LogP contribution in [-0.2, 0) is 13.1 Å². The predicted molar refractivity (Wildman–Crippen MR) is 78.2 cm³/mol. The average Bonchev–Trinajstić information content (AvgIpc) is 3.15. The summed E-state index contributed by atoms with van der Waals surface area (Å²) in [4.78, 5) is 5.00. The Balaban J connectivity index is 1.45. The summed E-state index contributed by atoms with van der Waals surface area (Å²) in [7, 11) is 2.21. The number of piperazine rings is 1. The fourth-order valence-electron chi connectivity index (χ4n) is 2.69. The molecule has 2 heterocycles. The summed E-state index contributed by atoms with van der Waals surface area (Å²) in [5.74, 6) is 0. The van der Waals surface area contributed by atoms with Crippen molar-refractivity contribution in [1.29, 1.82) is 0 Å². The molecule has 0 bridgehead atoms. The maximum atomic E-state index is 3.60. The molecule has 0 atom stereocenters. The highest BCUT2D eigenvalue weighted by Crippen LogP contribution is 2.19. The van der Waals surface area contributed by atoms with Gasteiger partial charge in [0.25, 0.3) is 0 Å². The fraction of sp³-hybridized carbons (Fsp3) is 0.733. The van der Waals surface area contributed by atoms with Gasteiger partial charge in [-0.1, -0.05) is 0 Å². The summed E-state index contributed by atoms with van der Waals surface area (Å²) in [5, 5.41) is 3.60. The molecule has 0 unspecified atom stereocenters. The minimum absolute atomic E-state index is 0.793. The molecular weight excluding hydrogens is 236 g/mol. The predicted octanol–water partition coefficient (Wildman–Crippen LogP) is 0.987. The highest BCUT2D eigenvalue weighted by molar-refractivity contribution is 5.07. The quantitative estimate of drug-likeness (QED) is 0.827. The van der Waals surface area contributed by atoms with Crippen molar-refractivity contribution in [3.05, 3.63) is 24.0 Å². The van der Waals surface area contributed by atoms with Crippen LogP contribution in [0.5, 0.6) is 0 Å². The van der Waals surface area contributed by atoms with Crippen molar-refractivity contribution in [1.82, 2.24) is 19.7 Å². The first-order valence-electron chi connectivity index (χ1n) is 7.59. The van der Waals surface area contributed by atoms with Gasteiger partial charge in [0, 0.05) is 63.7 Å². The molecule has 1 aromatic rings. The minimum atomic E-state index is 0.793. The van der Waals surface area contributed by atoms with Crippen molar-refractivity contribution < 1.29 is 0 Å². The van der Waals surface area contributed by atoms with E-state index in [9.17, 15) is 0 Å². The Hall–Kier alpha value is -0.840. The average molecular weight is 262 g/mol. The van der Waals surface area contributed by atoms with Crippen molar-refractivity contribution in [3.63, 3.8) is 0 Å². The lowest BCUT2D eigenvalue weighted by Crippen LogP contribution is -2.45. The Kier molecular flexibility index (Phi) is 4.21.